The third kappa shape index (κ3) is 2.70. The number of carbonyl (C=O) groups is 1. The van der Waals surface area contributed by atoms with Gasteiger partial charge in [0.15, 0.2) is 0 Å². The van der Waals surface area contributed by atoms with Crippen LogP contribution in [0.15, 0.2) is 12.5 Å². The first-order valence-corrected chi connectivity index (χ1v) is 10.6. The van der Waals surface area contributed by atoms with Crippen LogP contribution in [0.4, 0.5) is 0 Å². The fourth-order valence-corrected chi connectivity index (χ4v) is 6.87. The third-order valence-electron chi connectivity index (χ3n) is 7.18. The predicted molar refractivity (Wildman–Crippen MR) is 105 cm³/mol. The molecule has 2 aromatic heterocycles. The molecule has 0 radical (unpaired) electrons. The van der Waals surface area contributed by atoms with E-state index in [2.05, 4.69) is 15.2 Å². The molecule has 0 spiro atoms. The van der Waals surface area contributed by atoms with Gasteiger partial charge in [-0.2, -0.15) is 5.10 Å². The number of hydrogen-bond acceptors (Lipinski definition) is 4. The molecule has 4 saturated carbocycles. The molecule has 0 N–H and O–H groups in total. The molecule has 4 fully saturated rings. The first-order valence-electron chi connectivity index (χ1n) is 9.80. The lowest BCUT2D eigenvalue weighted by Crippen LogP contribution is -2.61. The highest BCUT2D eigenvalue weighted by molar-refractivity contribution is 6.31. The van der Waals surface area contributed by atoms with Gasteiger partial charge in [-0.15, -0.1) is 5.10 Å². The Hall–Kier alpha value is -1.60. The molecular weight excluding hydrogens is 399 g/mol. The van der Waals surface area contributed by atoms with E-state index in [0.717, 1.165) is 37.8 Å². The second-order valence-corrected chi connectivity index (χ2v) is 9.89. The fraction of sp³-hybridized carbons (Fsp3) is 0.684. The molecule has 0 saturated heterocycles. The Morgan fingerprint density at radius 2 is 2.00 bits per heavy atom. The van der Waals surface area contributed by atoms with Crippen molar-refractivity contribution in [3.8, 4) is 0 Å². The third-order valence-corrected chi connectivity index (χ3v) is 7.67. The van der Waals surface area contributed by atoms with Crippen LogP contribution in [0.5, 0.6) is 0 Å². The van der Waals surface area contributed by atoms with Crippen LogP contribution in [0, 0.1) is 17.3 Å². The molecule has 28 heavy (non-hydrogen) atoms. The van der Waals surface area contributed by atoms with E-state index in [1.165, 1.54) is 6.42 Å². The van der Waals surface area contributed by atoms with Crippen molar-refractivity contribution in [3.05, 3.63) is 28.5 Å². The maximum atomic E-state index is 13.7. The highest BCUT2D eigenvalue weighted by Crippen LogP contribution is 2.64. The van der Waals surface area contributed by atoms with E-state index in [0.29, 0.717) is 23.4 Å². The van der Waals surface area contributed by atoms with Crippen LogP contribution in [0.1, 0.15) is 44.2 Å². The average Bonchev–Trinajstić information content (AvgIpc) is 3.21. The molecule has 4 aliphatic carbocycles. The lowest BCUT2D eigenvalue weighted by Gasteiger charge is -2.61. The summed E-state index contributed by atoms with van der Waals surface area (Å²) in [4.78, 5) is 19.7. The van der Waals surface area contributed by atoms with Crippen molar-refractivity contribution in [1.82, 2.24) is 29.4 Å². The summed E-state index contributed by atoms with van der Waals surface area (Å²) in [7, 11) is 3.73. The lowest BCUT2D eigenvalue weighted by molar-refractivity contribution is -0.166. The van der Waals surface area contributed by atoms with Crippen LogP contribution < -0.4 is 0 Å². The van der Waals surface area contributed by atoms with Gasteiger partial charge >= 0.3 is 0 Å². The van der Waals surface area contributed by atoms with Crippen LogP contribution in [0.2, 0.25) is 10.3 Å². The highest BCUT2D eigenvalue weighted by Gasteiger charge is 2.62. The summed E-state index contributed by atoms with van der Waals surface area (Å²) >= 11 is 12.3. The lowest BCUT2D eigenvalue weighted by atomic mass is 9.46. The van der Waals surface area contributed by atoms with Gasteiger partial charge in [0.2, 0.25) is 11.2 Å². The van der Waals surface area contributed by atoms with Gasteiger partial charge < -0.3 is 4.90 Å². The molecule has 2 unspecified atom stereocenters. The van der Waals surface area contributed by atoms with Crippen molar-refractivity contribution in [2.75, 3.05) is 7.05 Å². The normalized spacial score (nSPS) is 33.4. The number of halogens is 2. The fourth-order valence-electron chi connectivity index (χ4n) is 6.52. The van der Waals surface area contributed by atoms with Crippen molar-refractivity contribution in [2.24, 2.45) is 24.3 Å². The van der Waals surface area contributed by atoms with Crippen LogP contribution >= 0.6 is 23.2 Å². The Morgan fingerprint density at radius 1 is 1.29 bits per heavy atom. The van der Waals surface area contributed by atoms with Gasteiger partial charge in [-0.25, -0.2) is 9.67 Å². The smallest absolute Gasteiger partial charge is 0.242 e. The molecule has 9 heteroatoms. The van der Waals surface area contributed by atoms with Crippen LogP contribution in [-0.2, 0) is 23.9 Å². The summed E-state index contributed by atoms with van der Waals surface area (Å²) in [6.07, 6.45) is 9.47. The summed E-state index contributed by atoms with van der Waals surface area (Å²) in [5.74, 6) is 1.33. The molecular formula is C19H24Cl2N6O. The van der Waals surface area contributed by atoms with Gasteiger partial charge in [-0.1, -0.05) is 11.6 Å². The largest absolute Gasteiger partial charge is 0.339 e. The molecule has 1 amide bonds. The van der Waals surface area contributed by atoms with Crippen LogP contribution in [0.25, 0.3) is 0 Å². The van der Waals surface area contributed by atoms with Crippen molar-refractivity contribution in [3.63, 3.8) is 0 Å². The van der Waals surface area contributed by atoms with E-state index >= 15 is 0 Å². The second-order valence-electron chi connectivity index (χ2n) is 9.15. The standard InChI is InChI=1S/C19H24Cl2N6O/c1-25(9-15-14(20)8-23-26(15)2)16(28)18-4-12-3-13(5-18)7-19(6-12,10-18)27-11-22-17(21)24-27/h8,11-13H,3-7,9-10H2,1-2H3. The second kappa shape index (κ2) is 6.20. The number of aryl methyl sites for hydroxylation is 1. The maximum absolute atomic E-state index is 13.7. The van der Waals surface area contributed by atoms with Gasteiger partial charge in [-0.3, -0.25) is 9.48 Å². The summed E-state index contributed by atoms with van der Waals surface area (Å²) in [5.41, 5.74) is 0.396. The summed E-state index contributed by atoms with van der Waals surface area (Å²) in [6.45, 7) is 0.466. The summed E-state index contributed by atoms with van der Waals surface area (Å²) in [6, 6.07) is 0. The molecule has 2 heterocycles. The number of hydrogen-bond donors (Lipinski definition) is 0. The highest BCUT2D eigenvalue weighted by atomic mass is 35.5. The van der Waals surface area contributed by atoms with Crippen molar-refractivity contribution < 1.29 is 4.79 Å². The van der Waals surface area contributed by atoms with Crippen LogP contribution in [0.3, 0.4) is 0 Å². The van der Waals surface area contributed by atoms with E-state index in [9.17, 15) is 4.79 Å². The monoisotopic (exact) mass is 422 g/mol. The molecule has 0 aliphatic heterocycles. The van der Waals surface area contributed by atoms with Crippen molar-refractivity contribution in [2.45, 2.75) is 50.6 Å². The molecule has 7 nitrogen and oxygen atoms in total. The Kier molecular flexibility index (Phi) is 4.08. The Bertz CT molecular complexity index is 903. The van der Waals surface area contributed by atoms with Gasteiger partial charge in [0, 0.05) is 14.1 Å². The van der Waals surface area contributed by atoms with Gasteiger partial charge in [0.25, 0.3) is 0 Å². The zero-order valence-electron chi connectivity index (χ0n) is 16.1. The topological polar surface area (TPSA) is 68.8 Å². The Balaban J connectivity index is 1.45. The zero-order chi connectivity index (χ0) is 19.7. The number of carbonyl (C=O) groups excluding carboxylic acids is 1. The van der Waals surface area contributed by atoms with E-state index in [4.69, 9.17) is 23.2 Å². The predicted octanol–water partition coefficient (Wildman–Crippen LogP) is 3.27. The molecule has 150 valence electrons. The zero-order valence-corrected chi connectivity index (χ0v) is 17.6. The van der Waals surface area contributed by atoms with Crippen molar-refractivity contribution in [1.29, 1.82) is 0 Å². The van der Waals surface area contributed by atoms with Gasteiger partial charge in [0.1, 0.15) is 6.33 Å². The number of rotatable bonds is 4. The number of amides is 1. The molecule has 0 aromatic carbocycles. The van der Waals surface area contributed by atoms with Gasteiger partial charge in [-0.05, 0) is 62.0 Å². The number of aromatic nitrogens is 5. The summed E-state index contributed by atoms with van der Waals surface area (Å²) in [5, 5.41) is 9.50. The van der Waals surface area contributed by atoms with E-state index in [1.807, 2.05) is 23.7 Å². The quantitative estimate of drug-likeness (QED) is 0.757. The summed E-state index contributed by atoms with van der Waals surface area (Å²) < 4.78 is 3.69. The minimum Gasteiger partial charge on any atom is -0.339 e. The molecule has 6 rings (SSSR count). The van der Waals surface area contributed by atoms with Crippen molar-refractivity contribution >= 4 is 29.1 Å². The van der Waals surface area contributed by atoms with E-state index in [1.54, 1.807) is 17.2 Å². The average molecular weight is 423 g/mol. The van der Waals surface area contributed by atoms with Crippen LogP contribution in [-0.4, -0.2) is 42.4 Å². The first-order chi connectivity index (χ1) is 13.3. The molecule has 4 bridgehead atoms. The van der Waals surface area contributed by atoms with Gasteiger partial charge in [0.05, 0.1) is 34.4 Å². The molecule has 2 atom stereocenters. The number of nitrogens with zero attached hydrogens (tertiary/aromatic N) is 6. The Labute approximate surface area is 174 Å². The SMILES string of the molecule is CN(Cc1c(Cl)cnn1C)C(=O)C12CC3CC(C1)CC(n1cnc(Cl)n1)(C3)C2. The molecule has 4 aliphatic rings. The van der Waals surface area contributed by atoms with E-state index < -0.39 is 0 Å². The molecule has 2 aromatic rings. The minimum atomic E-state index is -0.331. The van der Waals surface area contributed by atoms with E-state index in [-0.39, 0.29) is 22.1 Å². The first kappa shape index (κ1) is 18.4. The minimum absolute atomic E-state index is 0.134. The maximum Gasteiger partial charge on any atom is 0.242 e. The Morgan fingerprint density at radius 3 is 2.57 bits per heavy atom.